The molecule has 0 amide bonds. The van der Waals surface area contributed by atoms with E-state index in [2.05, 4.69) is 10.1 Å². The summed E-state index contributed by atoms with van der Waals surface area (Å²) in [5, 5.41) is 13.9. The monoisotopic (exact) mass is 253 g/mol. The zero-order valence-electron chi connectivity index (χ0n) is 8.63. The predicted molar refractivity (Wildman–Crippen MR) is 58.1 cm³/mol. The standard InChI is InChI=1S/C10H8ClN3O3/c11-6-1-2-14-7(3-6)12-8(13-14)10(9(15)16)4-17-5-10/h1-3H,4-5H2,(H,15,16). The summed E-state index contributed by atoms with van der Waals surface area (Å²) in [7, 11) is 0. The van der Waals surface area contributed by atoms with Crippen molar-refractivity contribution in [1.29, 1.82) is 0 Å². The highest BCUT2D eigenvalue weighted by atomic mass is 35.5. The van der Waals surface area contributed by atoms with E-state index < -0.39 is 11.4 Å². The van der Waals surface area contributed by atoms with Crippen LogP contribution >= 0.6 is 11.6 Å². The van der Waals surface area contributed by atoms with Crippen molar-refractivity contribution in [2.75, 3.05) is 13.2 Å². The molecule has 1 saturated heterocycles. The largest absolute Gasteiger partial charge is 0.480 e. The summed E-state index contributed by atoms with van der Waals surface area (Å²) in [6.45, 7) is 0.208. The maximum atomic E-state index is 11.3. The number of aromatic nitrogens is 3. The summed E-state index contributed by atoms with van der Waals surface area (Å²) in [5.74, 6) is -0.704. The number of hydrogen-bond donors (Lipinski definition) is 1. The van der Waals surface area contributed by atoms with Crippen LogP contribution in [-0.4, -0.2) is 38.9 Å². The number of pyridine rings is 1. The molecular formula is C10H8ClN3O3. The van der Waals surface area contributed by atoms with Gasteiger partial charge in [0.25, 0.3) is 0 Å². The Morgan fingerprint density at radius 3 is 2.94 bits per heavy atom. The van der Waals surface area contributed by atoms with Crippen molar-refractivity contribution in [3.05, 3.63) is 29.2 Å². The number of hydrogen-bond acceptors (Lipinski definition) is 4. The molecule has 0 unspecified atom stereocenters. The van der Waals surface area contributed by atoms with Gasteiger partial charge in [0.15, 0.2) is 16.9 Å². The van der Waals surface area contributed by atoms with Crippen LogP contribution < -0.4 is 0 Å². The Balaban J connectivity index is 2.14. The number of fused-ring (bicyclic) bond motifs is 1. The highest BCUT2D eigenvalue weighted by Gasteiger charge is 2.51. The van der Waals surface area contributed by atoms with Gasteiger partial charge >= 0.3 is 5.97 Å². The molecule has 0 saturated carbocycles. The van der Waals surface area contributed by atoms with Gasteiger partial charge in [0.2, 0.25) is 0 Å². The third-order valence-electron chi connectivity index (χ3n) is 2.83. The SMILES string of the molecule is O=C(O)C1(c2nc3cc(Cl)ccn3n2)COC1. The van der Waals surface area contributed by atoms with Gasteiger partial charge < -0.3 is 9.84 Å². The van der Waals surface area contributed by atoms with Crippen LogP contribution in [0.3, 0.4) is 0 Å². The number of nitrogens with zero attached hydrogens (tertiary/aromatic N) is 3. The summed E-state index contributed by atoms with van der Waals surface area (Å²) in [4.78, 5) is 15.4. The molecule has 1 aliphatic rings. The van der Waals surface area contributed by atoms with Crippen molar-refractivity contribution in [2.45, 2.75) is 5.41 Å². The third kappa shape index (κ3) is 1.41. The maximum absolute atomic E-state index is 11.3. The first-order chi connectivity index (χ1) is 8.12. The molecule has 0 aliphatic carbocycles. The van der Waals surface area contributed by atoms with Crippen LogP contribution in [0.4, 0.5) is 0 Å². The van der Waals surface area contributed by atoms with E-state index in [1.807, 2.05) is 0 Å². The summed E-state index contributed by atoms with van der Waals surface area (Å²) < 4.78 is 6.48. The van der Waals surface area contributed by atoms with E-state index in [0.29, 0.717) is 10.7 Å². The molecule has 0 spiro atoms. The smallest absolute Gasteiger partial charge is 0.322 e. The lowest BCUT2D eigenvalue weighted by atomic mass is 9.85. The molecule has 1 fully saturated rings. The Hall–Kier alpha value is -1.66. The van der Waals surface area contributed by atoms with Crippen LogP contribution in [0.2, 0.25) is 5.02 Å². The quantitative estimate of drug-likeness (QED) is 0.854. The van der Waals surface area contributed by atoms with Gasteiger partial charge in [-0.3, -0.25) is 4.79 Å². The number of halogens is 1. The molecule has 0 bridgehead atoms. The minimum atomic E-state index is -1.11. The molecule has 1 aliphatic heterocycles. The highest BCUT2D eigenvalue weighted by molar-refractivity contribution is 6.30. The summed E-state index contributed by atoms with van der Waals surface area (Å²) >= 11 is 5.83. The van der Waals surface area contributed by atoms with Gasteiger partial charge in [-0.05, 0) is 6.07 Å². The predicted octanol–water partition coefficient (Wildman–Crippen LogP) is 0.735. The third-order valence-corrected chi connectivity index (χ3v) is 3.07. The molecule has 0 radical (unpaired) electrons. The molecule has 0 aromatic carbocycles. The topological polar surface area (TPSA) is 76.7 Å². The number of carboxylic acid groups (broad SMARTS) is 1. The van der Waals surface area contributed by atoms with E-state index in [4.69, 9.17) is 16.3 Å². The Morgan fingerprint density at radius 1 is 1.59 bits per heavy atom. The Morgan fingerprint density at radius 2 is 2.35 bits per heavy atom. The zero-order chi connectivity index (χ0) is 12.0. The summed E-state index contributed by atoms with van der Waals surface area (Å²) in [5.41, 5.74) is -0.585. The summed E-state index contributed by atoms with van der Waals surface area (Å²) in [6.07, 6.45) is 1.64. The Kier molecular flexibility index (Phi) is 2.11. The maximum Gasteiger partial charge on any atom is 0.322 e. The fraction of sp³-hybridized carbons (Fsp3) is 0.300. The van der Waals surface area contributed by atoms with E-state index in [-0.39, 0.29) is 19.0 Å². The molecule has 2 aromatic rings. The Bertz CT molecular complexity index is 606. The van der Waals surface area contributed by atoms with Crippen LogP contribution in [0.15, 0.2) is 18.3 Å². The highest BCUT2D eigenvalue weighted by Crippen LogP contribution is 2.30. The molecule has 2 aromatic heterocycles. The van der Waals surface area contributed by atoms with Gasteiger partial charge in [0.1, 0.15) is 0 Å². The molecule has 3 heterocycles. The number of carbonyl (C=O) groups is 1. The van der Waals surface area contributed by atoms with Gasteiger partial charge in [-0.1, -0.05) is 11.6 Å². The van der Waals surface area contributed by atoms with Gasteiger partial charge in [-0.25, -0.2) is 9.50 Å². The normalized spacial score (nSPS) is 17.9. The van der Waals surface area contributed by atoms with Gasteiger partial charge in [0.05, 0.1) is 13.2 Å². The second-order valence-corrected chi connectivity index (χ2v) is 4.40. The van der Waals surface area contributed by atoms with Gasteiger partial charge in [-0.2, -0.15) is 0 Å². The van der Waals surface area contributed by atoms with E-state index >= 15 is 0 Å². The van der Waals surface area contributed by atoms with Crippen molar-refractivity contribution in [2.24, 2.45) is 0 Å². The lowest BCUT2D eigenvalue weighted by molar-refractivity contribution is -0.164. The van der Waals surface area contributed by atoms with E-state index in [1.54, 1.807) is 18.3 Å². The minimum absolute atomic E-state index is 0.104. The average molecular weight is 254 g/mol. The molecule has 6 nitrogen and oxygen atoms in total. The van der Waals surface area contributed by atoms with Gasteiger partial charge in [-0.15, -0.1) is 5.10 Å². The van der Waals surface area contributed by atoms with Crippen molar-refractivity contribution in [3.63, 3.8) is 0 Å². The van der Waals surface area contributed by atoms with Crippen molar-refractivity contribution in [1.82, 2.24) is 14.6 Å². The first-order valence-corrected chi connectivity index (χ1v) is 5.33. The van der Waals surface area contributed by atoms with Crippen molar-refractivity contribution < 1.29 is 14.6 Å². The number of carboxylic acids is 1. The minimum Gasteiger partial charge on any atom is -0.480 e. The van der Waals surface area contributed by atoms with E-state index in [0.717, 1.165) is 0 Å². The average Bonchev–Trinajstić information content (AvgIpc) is 2.57. The lowest BCUT2D eigenvalue weighted by Crippen LogP contribution is -2.53. The summed E-state index contributed by atoms with van der Waals surface area (Å²) in [6, 6.07) is 3.30. The number of aliphatic carboxylic acids is 1. The molecule has 3 rings (SSSR count). The van der Waals surface area contributed by atoms with Gasteiger partial charge in [0, 0.05) is 17.3 Å². The van der Waals surface area contributed by atoms with Crippen LogP contribution in [0.25, 0.3) is 5.65 Å². The lowest BCUT2D eigenvalue weighted by Gasteiger charge is -2.34. The second kappa shape index (κ2) is 3.41. The Labute approximate surface area is 101 Å². The van der Waals surface area contributed by atoms with E-state index in [9.17, 15) is 9.90 Å². The van der Waals surface area contributed by atoms with Crippen molar-refractivity contribution in [3.8, 4) is 0 Å². The van der Waals surface area contributed by atoms with Crippen LogP contribution in [0.1, 0.15) is 5.82 Å². The second-order valence-electron chi connectivity index (χ2n) is 3.96. The number of rotatable bonds is 2. The molecule has 7 heteroatoms. The van der Waals surface area contributed by atoms with Crippen LogP contribution in [0, 0.1) is 0 Å². The van der Waals surface area contributed by atoms with E-state index in [1.165, 1.54) is 4.52 Å². The molecule has 0 atom stereocenters. The molecule has 88 valence electrons. The van der Waals surface area contributed by atoms with Crippen LogP contribution in [0.5, 0.6) is 0 Å². The fourth-order valence-corrected chi connectivity index (χ4v) is 1.87. The van der Waals surface area contributed by atoms with Crippen LogP contribution in [-0.2, 0) is 14.9 Å². The van der Waals surface area contributed by atoms with Crippen molar-refractivity contribution >= 4 is 23.2 Å². The molecule has 1 N–H and O–H groups in total. The first kappa shape index (κ1) is 10.5. The molecule has 17 heavy (non-hydrogen) atoms. The first-order valence-electron chi connectivity index (χ1n) is 4.95. The number of ether oxygens (including phenoxy) is 1. The fourth-order valence-electron chi connectivity index (χ4n) is 1.71. The zero-order valence-corrected chi connectivity index (χ0v) is 9.39. The molecular weight excluding hydrogens is 246 g/mol.